The third-order valence-corrected chi connectivity index (χ3v) is 15.3. The molecular formula is C16H34O2PPbS2. The van der Waals surface area contributed by atoms with Crippen molar-refractivity contribution >= 4 is 55.1 Å². The van der Waals surface area contributed by atoms with Gasteiger partial charge in [-0.05, 0) is 0 Å². The van der Waals surface area contributed by atoms with Crippen LogP contribution in [0.3, 0.4) is 0 Å². The van der Waals surface area contributed by atoms with Gasteiger partial charge >= 0.3 is 165 Å². The molecule has 3 unspecified atom stereocenters. The number of hydrogen-bond donors (Lipinski definition) is 0. The van der Waals surface area contributed by atoms with Crippen LogP contribution in [0.2, 0.25) is 0 Å². The summed E-state index contributed by atoms with van der Waals surface area (Å²) >= 11 is 8.20. The molecule has 0 spiro atoms. The Morgan fingerprint density at radius 1 is 1.00 bits per heavy atom. The summed E-state index contributed by atoms with van der Waals surface area (Å²) in [4.78, 5) is 0. The van der Waals surface area contributed by atoms with Crippen LogP contribution in [0.5, 0.6) is 0 Å². The molecular weight excluding hydrogens is 526 g/mol. The van der Waals surface area contributed by atoms with Crippen LogP contribution in [0.25, 0.3) is 0 Å². The average molecular weight is 561 g/mol. The first-order valence-electron chi connectivity index (χ1n) is 8.79. The van der Waals surface area contributed by atoms with Crippen molar-refractivity contribution in [2.45, 2.75) is 79.1 Å². The van der Waals surface area contributed by atoms with Crippen molar-refractivity contribution in [1.29, 1.82) is 0 Å². The van der Waals surface area contributed by atoms with E-state index >= 15 is 0 Å². The van der Waals surface area contributed by atoms with E-state index in [9.17, 15) is 0 Å². The second kappa shape index (κ2) is 15.1. The molecule has 0 aromatic carbocycles. The summed E-state index contributed by atoms with van der Waals surface area (Å²) in [7, 11) is 0. The molecule has 22 heavy (non-hydrogen) atoms. The van der Waals surface area contributed by atoms with Crippen molar-refractivity contribution < 1.29 is 7.00 Å². The van der Waals surface area contributed by atoms with Gasteiger partial charge < -0.3 is 0 Å². The summed E-state index contributed by atoms with van der Waals surface area (Å²) in [6, 6.07) is 0. The van der Waals surface area contributed by atoms with Crippen LogP contribution in [0, 0.1) is 11.8 Å². The van der Waals surface area contributed by atoms with Crippen LogP contribution in [0.15, 0.2) is 0 Å². The quantitative estimate of drug-likeness (QED) is 0.168. The summed E-state index contributed by atoms with van der Waals surface area (Å²) in [5.41, 5.74) is -2.09. The predicted octanol–water partition coefficient (Wildman–Crippen LogP) is 6.49. The molecule has 0 saturated heterocycles. The molecule has 0 aliphatic carbocycles. The molecule has 3 radical (unpaired) electrons. The van der Waals surface area contributed by atoms with Crippen LogP contribution < -0.4 is 0 Å². The molecule has 0 bridgehead atoms. The van der Waals surface area contributed by atoms with Crippen molar-refractivity contribution in [3.63, 3.8) is 0 Å². The first kappa shape index (κ1) is 23.8. The van der Waals surface area contributed by atoms with E-state index in [1.165, 1.54) is 51.4 Å². The van der Waals surface area contributed by atoms with E-state index in [1.807, 2.05) is 0 Å². The van der Waals surface area contributed by atoms with Gasteiger partial charge in [0.25, 0.3) is 0 Å². The molecule has 0 aliphatic rings. The van der Waals surface area contributed by atoms with Gasteiger partial charge in [0, 0.05) is 0 Å². The molecule has 0 aromatic heterocycles. The van der Waals surface area contributed by atoms with E-state index in [0.717, 1.165) is 18.3 Å². The molecule has 0 heterocycles. The molecule has 0 fully saturated rings. The Labute approximate surface area is 164 Å². The van der Waals surface area contributed by atoms with E-state index in [1.54, 1.807) is 11.4 Å². The van der Waals surface area contributed by atoms with Crippen LogP contribution in [0.4, 0.5) is 0 Å². The third-order valence-electron chi connectivity index (χ3n) is 4.14. The van der Waals surface area contributed by atoms with Gasteiger partial charge in [0.15, 0.2) is 0 Å². The molecule has 2 nitrogen and oxygen atoms in total. The zero-order valence-electron chi connectivity index (χ0n) is 14.8. The SMILES string of the molecule is CCCCC(CC)COP(=S)([O][Pb])SCC(CC)CCCC. The molecule has 0 rings (SSSR count). The fourth-order valence-corrected chi connectivity index (χ4v) is 8.58. The van der Waals surface area contributed by atoms with Gasteiger partial charge in [-0.15, -0.1) is 0 Å². The monoisotopic (exact) mass is 561 g/mol. The summed E-state index contributed by atoms with van der Waals surface area (Å²) in [6.07, 6.45) is 10.1. The van der Waals surface area contributed by atoms with E-state index in [0.29, 0.717) is 32.1 Å². The van der Waals surface area contributed by atoms with Gasteiger partial charge in [-0.2, -0.15) is 0 Å². The Bertz CT molecular complexity index is 282. The Kier molecular flexibility index (Phi) is 16.4. The zero-order chi connectivity index (χ0) is 16.8. The maximum absolute atomic E-state index is 6.13. The molecule has 0 N–H and O–H groups in total. The molecule has 3 atom stereocenters. The number of rotatable bonds is 15. The van der Waals surface area contributed by atoms with Gasteiger partial charge in [-0.25, -0.2) is 0 Å². The van der Waals surface area contributed by atoms with Crippen LogP contribution in [-0.2, 0) is 18.8 Å². The maximum atomic E-state index is 6.13. The Balaban J connectivity index is 4.29. The summed E-state index contributed by atoms with van der Waals surface area (Å²) in [6.45, 7) is 9.82. The number of unbranched alkanes of at least 4 members (excludes halogenated alkanes) is 2. The van der Waals surface area contributed by atoms with Crippen LogP contribution in [0.1, 0.15) is 79.1 Å². The predicted molar refractivity (Wildman–Crippen MR) is 106 cm³/mol. The van der Waals surface area contributed by atoms with E-state index < -0.39 is 5.69 Å². The Morgan fingerprint density at radius 3 is 2.00 bits per heavy atom. The van der Waals surface area contributed by atoms with Crippen molar-refractivity contribution in [3.05, 3.63) is 0 Å². The second-order valence-electron chi connectivity index (χ2n) is 5.96. The first-order chi connectivity index (χ1) is 10.5. The van der Waals surface area contributed by atoms with Crippen molar-refractivity contribution in [2.24, 2.45) is 11.8 Å². The molecule has 0 amide bonds. The van der Waals surface area contributed by atoms with E-state index in [-0.39, 0.29) is 0 Å². The average Bonchev–Trinajstić information content (AvgIpc) is 2.55. The Hall–Kier alpha value is 1.84. The van der Waals surface area contributed by atoms with E-state index in [2.05, 4.69) is 27.7 Å². The molecule has 6 heteroatoms. The van der Waals surface area contributed by atoms with Gasteiger partial charge in [0.1, 0.15) is 0 Å². The summed E-state index contributed by atoms with van der Waals surface area (Å²) in [5, 5.41) is 0. The van der Waals surface area contributed by atoms with Crippen molar-refractivity contribution in [2.75, 3.05) is 12.4 Å². The van der Waals surface area contributed by atoms with Gasteiger partial charge in [-0.3, -0.25) is 0 Å². The van der Waals surface area contributed by atoms with E-state index in [4.69, 9.17) is 18.8 Å². The molecule has 0 saturated carbocycles. The topological polar surface area (TPSA) is 18.5 Å². The van der Waals surface area contributed by atoms with Gasteiger partial charge in [0.05, 0.1) is 0 Å². The summed E-state index contributed by atoms with van der Waals surface area (Å²) < 4.78 is 11.9. The number of hydrogen-bond acceptors (Lipinski definition) is 4. The minimum absolute atomic E-state index is 0.641. The van der Waals surface area contributed by atoms with Crippen molar-refractivity contribution in [3.8, 4) is 0 Å². The fraction of sp³-hybridized carbons (Fsp3) is 1.00. The zero-order valence-corrected chi connectivity index (χ0v) is 21.2. The molecule has 131 valence electrons. The minimum atomic E-state index is -2.09. The van der Waals surface area contributed by atoms with Crippen LogP contribution in [-0.4, -0.2) is 38.6 Å². The van der Waals surface area contributed by atoms with Gasteiger partial charge in [0.2, 0.25) is 0 Å². The first-order valence-corrected chi connectivity index (χ1v) is 14.6. The normalized spacial score (nSPS) is 17.1. The molecule has 0 aromatic rings. The fourth-order valence-electron chi connectivity index (χ4n) is 2.28. The summed E-state index contributed by atoms with van der Waals surface area (Å²) in [5.74, 6) is 2.50. The second-order valence-corrected chi connectivity index (χ2v) is 14.4. The molecule has 0 aliphatic heterocycles. The van der Waals surface area contributed by atoms with Crippen molar-refractivity contribution in [1.82, 2.24) is 0 Å². The Morgan fingerprint density at radius 2 is 1.55 bits per heavy atom. The standard InChI is InChI=1S/C16H35O2PS2.Pb/c1-5-9-11-15(7-3)13-18-19(17,20)21-14-16(8-4)12-10-6-2;/h15-16H,5-14H2,1-4H3,(H,17,20);/q;+1/p-1. The third kappa shape index (κ3) is 11.4. The van der Waals surface area contributed by atoms with Gasteiger partial charge in [-0.1, -0.05) is 0 Å². The van der Waals surface area contributed by atoms with Crippen LogP contribution >= 0.6 is 17.1 Å².